The number of hydrogen-bond acceptors (Lipinski definition) is 5. The number of carboxylic acid groups (broad SMARTS) is 1. The minimum Gasteiger partial charge on any atom is -0.481 e. The lowest BCUT2D eigenvalue weighted by molar-refractivity contribution is -0.139. The van der Waals surface area contributed by atoms with Crippen molar-refractivity contribution in [1.29, 1.82) is 0 Å². The summed E-state index contributed by atoms with van der Waals surface area (Å²) in [6.07, 6.45) is 1.53. The summed E-state index contributed by atoms with van der Waals surface area (Å²) < 4.78 is 5.22. The van der Waals surface area contributed by atoms with Gasteiger partial charge in [-0.05, 0) is 36.0 Å². The second kappa shape index (κ2) is 7.23. The molecule has 2 amide bonds. The quantitative estimate of drug-likeness (QED) is 0.828. The van der Waals surface area contributed by atoms with Crippen LogP contribution >= 0.6 is 11.8 Å². The summed E-state index contributed by atoms with van der Waals surface area (Å²) in [6.45, 7) is -0.490. The number of thioether (sulfide) groups is 1. The Morgan fingerprint density at radius 1 is 1.08 bits per heavy atom. The zero-order valence-electron chi connectivity index (χ0n) is 12.9. The summed E-state index contributed by atoms with van der Waals surface area (Å²) in [5.74, 6) is -1.19. The Balaban J connectivity index is 1.89. The number of nitrogens with zero attached hydrogens (tertiary/aromatic N) is 1. The molecule has 1 N–H and O–H groups in total. The second-order valence-corrected chi connectivity index (χ2v) is 6.07. The third-order valence-electron chi connectivity index (χ3n) is 3.36. The van der Waals surface area contributed by atoms with Crippen molar-refractivity contribution >= 4 is 40.6 Å². The van der Waals surface area contributed by atoms with Crippen LogP contribution in [0.3, 0.4) is 0 Å². The van der Waals surface area contributed by atoms with Crippen molar-refractivity contribution in [2.45, 2.75) is 0 Å². The molecule has 2 aromatic rings. The van der Waals surface area contributed by atoms with Gasteiger partial charge < -0.3 is 9.84 Å². The zero-order valence-corrected chi connectivity index (χ0v) is 13.7. The number of imide groups is 1. The number of aliphatic carboxylic acids is 1. The fourth-order valence-electron chi connectivity index (χ4n) is 2.28. The fourth-order valence-corrected chi connectivity index (χ4v) is 3.11. The number of anilines is 1. The molecule has 3 rings (SSSR count). The first-order valence-electron chi connectivity index (χ1n) is 7.33. The maximum Gasteiger partial charge on any atom is 0.341 e. The first kappa shape index (κ1) is 16.8. The molecule has 25 heavy (non-hydrogen) atoms. The van der Waals surface area contributed by atoms with Gasteiger partial charge in [0.1, 0.15) is 5.75 Å². The molecule has 0 unspecified atom stereocenters. The summed E-state index contributed by atoms with van der Waals surface area (Å²) in [5.41, 5.74) is 1.03. The molecule has 7 heteroatoms. The van der Waals surface area contributed by atoms with Crippen molar-refractivity contribution in [2.75, 3.05) is 11.5 Å². The van der Waals surface area contributed by atoms with Crippen LogP contribution in [0.2, 0.25) is 0 Å². The van der Waals surface area contributed by atoms with Gasteiger partial charge in [0.2, 0.25) is 0 Å². The SMILES string of the molecule is O=C(O)COc1ccccc1/C=C1\SC(=O)N(c2ccccc2)C1=O. The maximum atomic E-state index is 12.6. The highest BCUT2D eigenvalue weighted by Gasteiger charge is 2.36. The van der Waals surface area contributed by atoms with Gasteiger partial charge in [0.25, 0.3) is 11.1 Å². The number of carbonyl (C=O) groups is 3. The Morgan fingerprint density at radius 2 is 1.76 bits per heavy atom. The predicted molar refractivity (Wildman–Crippen MR) is 94.5 cm³/mol. The number of amides is 2. The zero-order chi connectivity index (χ0) is 17.8. The molecule has 0 atom stereocenters. The van der Waals surface area contributed by atoms with Gasteiger partial charge in [-0.1, -0.05) is 36.4 Å². The molecule has 126 valence electrons. The molecule has 0 spiro atoms. The van der Waals surface area contributed by atoms with E-state index in [0.29, 0.717) is 17.0 Å². The van der Waals surface area contributed by atoms with Crippen LogP contribution in [0, 0.1) is 0 Å². The fraction of sp³-hybridized carbons (Fsp3) is 0.0556. The Labute approximate surface area is 147 Å². The smallest absolute Gasteiger partial charge is 0.341 e. The van der Waals surface area contributed by atoms with Crippen molar-refractivity contribution in [3.05, 3.63) is 65.1 Å². The van der Waals surface area contributed by atoms with Gasteiger partial charge in [-0.15, -0.1) is 0 Å². The van der Waals surface area contributed by atoms with E-state index in [1.165, 1.54) is 6.08 Å². The first-order chi connectivity index (χ1) is 12.1. The number of ether oxygens (including phenoxy) is 1. The molecular formula is C18H13NO5S. The molecule has 1 fully saturated rings. The molecule has 0 aliphatic carbocycles. The van der Waals surface area contributed by atoms with Crippen LogP contribution < -0.4 is 9.64 Å². The summed E-state index contributed by atoms with van der Waals surface area (Å²) in [5, 5.41) is 8.35. The average Bonchev–Trinajstić information content (AvgIpc) is 2.88. The van der Waals surface area contributed by atoms with Crippen LogP contribution in [0.15, 0.2) is 59.5 Å². The number of carboxylic acids is 1. The molecule has 1 saturated heterocycles. The Bertz CT molecular complexity index is 863. The van der Waals surface area contributed by atoms with Gasteiger partial charge in [-0.2, -0.15) is 0 Å². The highest BCUT2D eigenvalue weighted by atomic mass is 32.2. The molecule has 0 aromatic heterocycles. The number of rotatable bonds is 5. The predicted octanol–water partition coefficient (Wildman–Crippen LogP) is 3.39. The molecule has 0 saturated carbocycles. The molecule has 1 aliphatic rings. The van der Waals surface area contributed by atoms with E-state index in [0.717, 1.165) is 16.7 Å². The van der Waals surface area contributed by atoms with Crippen molar-refractivity contribution in [1.82, 2.24) is 0 Å². The van der Waals surface area contributed by atoms with Gasteiger partial charge in [0.15, 0.2) is 6.61 Å². The topological polar surface area (TPSA) is 83.9 Å². The van der Waals surface area contributed by atoms with Crippen LogP contribution in [0.4, 0.5) is 10.5 Å². The number of benzene rings is 2. The molecule has 6 nitrogen and oxygen atoms in total. The van der Waals surface area contributed by atoms with Crippen LogP contribution in [-0.2, 0) is 9.59 Å². The Morgan fingerprint density at radius 3 is 2.48 bits per heavy atom. The standard InChI is InChI=1S/C18H13NO5S/c20-16(21)11-24-14-9-5-4-6-12(14)10-15-17(22)19(18(23)25-15)13-7-2-1-3-8-13/h1-10H,11H2,(H,20,21)/b15-10-. The first-order valence-corrected chi connectivity index (χ1v) is 8.14. The average molecular weight is 355 g/mol. The second-order valence-electron chi connectivity index (χ2n) is 5.07. The maximum absolute atomic E-state index is 12.6. The lowest BCUT2D eigenvalue weighted by Crippen LogP contribution is -2.27. The minimum atomic E-state index is -1.10. The lowest BCUT2D eigenvalue weighted by Gasteiger charge is -2.11. The van der Waals surface area contributed by atoms with Gasteiger partial charge in [-0.25, -0.2) is 9.69 Å². The van der Waals surface area contributed by atoms with E-state index in [-0.39, 0.29) is 10.1 Å². The van der Waals surface area contributed by atoms with Crippen molar-refractivity contribution in [2.24, 2.45) is 0 Å². The number of para-hydroxylation sites is 2. The van der Waals surface area contributed by atoms with E-state index in [9.17, 15) is 14.4 Å². The molecule has 0 radical (unpaired) electrons. The normalized spacial score (nSPS) is 15.7. The summed E-state index contributed by atoms with van der Waals surface area (Å²) >= 11 is 0.831. The van der Waals surface area contributed by atoms with Crippen molar-refractivity contribution in [3.63, 3.8) is 0 Å². The summed E-state index contributed by atoms with van der Waals surface area (Å²) in [4.78, 5) is 36.8. The third-order valence-corrected chi connectivity index (χ3v) is 4.23. The van der Waals surface area contributed by atoms with E-state index in [1.54, 1.807) is 54.6 Å². The van der Waals surface area contributed by atoms with E-state index in [4.69, 9.17) is 9.84 Å². The molecule has 1 heterocycles. The van der Waals surface area contributed by atoms with Crippen LogP contribution in [0.1, 0.15) is 5.56 Å². The van der Waals surface area contributed by atoms with E-state index < -0.39 is 18.5 Å². The Kier molecular flexibility index (Phi) is 4.85. The van der Waals surface area contributed by atoms with E-state index >= 15 is 0 Å². The third kappa shape index (κ3) is 3.72. The van der Waals surface area contributed by atoms with Gasteiger partial charge in [0.05, 0.1) is 10.6 Å². The van der Waals surface area contributed by atoms with Gasteiger partial charge in [-0.3, -0.25) is 9.59 Å². The highest BCUT2D eigenvalue weighted by molar-refractivity contribution is 8.19. The summed E-state index contributed by atoms with van der Waals surface area (Å²) in [6, 6.07) is 15.4. The molecular weight excluding hydrogens is 342 g/mol. The van der Waals surface area contributed by atoms with Gasteiger partial charge in [0, 0.05) is 5.56 Å². The molecule has 2 aromatic carbocycles. The van der Waals surface area contributed by atoms with Crippen molar-refractivity contribution in [3.8, 4) is 5.75 Å². The Hall–Kier alpha value is -3.06. The minimum absolute atomic E-state index is 0.250. The molecule has 1 aliphatic heterocycles. The molecule has 0 bridgehead atoms. The van der Waals surface area contributed by atoms with E-state index in [1.807, 2.05) is 0 Å². The number of hydrogen-bond donors (Lipinski definition) is 1. The van der Waals surface area contributed by atoms with Crippen LogP contribution in [-0.4, -0.2) is 28.8 Å². The largest absolute Gasteiger partial charge is 0.481 e. The van der Waals surface area contributed by atoms with Crippen LogP contribution in [0.5, 0.6) is 5.75 Å². The highest BCUT2D eigenvalue weighted by Crippen LogP contribution is 2.36. The van der Waals surface area contributed by atoms with Crippen LogP contribution in [0.25, 0.3) is 6.08 Å². The van der Waals surface area contributed by atoms with E-state index in [2.05, 4.69) is 0 Å². The monoisotopic (exact) mass is 355 g/mol. The van der Waals surface area contributed by atoms with Gasteiger partial charge >= 0.3 is 5.97 Å². The van der Waals surface area contributed by atoms with Crippen molar-refractivity contribution < 1.29 is 24.2 Å². The summed E-state index contributed by atoms with van der Waals surface area (Å²) in [7, 11) is 0. The lowest BCUT2D eigenvalue weighted by atomic mass is 10.2. The number of carbonyl (C=O) groups excluding carboxylic acids is 2.